The number of carbonyl (C=O) groups is 2. The van der Waals surface area contributed by atoms with Gasteiger partial charge in [0.05, 0.1) is 0 Å². The van der Waals surface area contributed by atoms with Crippen molar-refractivity contribution >= 4 is 11.8 Å². The fourth-order valence-electron chi connectivity index (χ4n) is 3.73. The highest BCUT2D eigenvalue weighted by molar-refractivity contribution is 5.97. The SMILES string of the molecule is O=C1CC(C(=O)N2CCc3ncccc3C2)(c2ccccc2)CN1. The van der Waals surface area contributed by atoms with Gasteiger partial charge in [0.2, 0.25) is 11.8 Å². The van der Waals surface area contributed by atoms with E-state index in [1.165, 1.54) is 0 Å². The molecule has 3 heterocycles. The maximum atomic E-state index is 13.4. The normalized spacial score (nSPS) is 22.8. The van der Waals surface area contributed by atoms with Gasteiger partial charge >= 0.3 is 0 Å². The third-order valence-electron chi connectivity index (χ3n) is 5.04. The summed E-state index contributed by atoms with van der Waals surface area (Å²) in [6, 6.07) is 13.6. The first kappa shape index (κ1) is 14.9. The zero-order chi connectivity index (χ0) is 16.6. The van der Waals surface area contributed by atoms with Gasteiger partial charge in [-0.3, -0.25) is 14.6 Å². The van der Waals surface area contributed by atoms with Gasteiger partial charge in [-0.25, -0.2) is 0 Å². The second-order valence-electron chi connectivity index (χ2n) is 6.49. The van der Waals surface area contributed by atoms with Crippen LogP contribution >= 0.6 is 0 Å². The van der Waals surface area contributed by atoms with Crippen LogP contribution in [-0.4, -0.2) is 34.8 Å². The van der Waals surface area contributed by atoms with E-state index < -0.39 is 5.41 Å². The predicted molar refractivity (Wildman–Crippen MR) is 89.1 cm³/mol. The van der Waals surface area contributed by atoms with Crippen LogP contribution in [0.5, 0.6) is 0 Å². The van der Waals surface area contributed by atoms with E-state index in [4.69, 9.17) is 0 Å². The summed E-state index contributed by atoms with van der Waals surface area (Å²) >= 11 is 0. The lowest BCUT2D eigenvalue weighted by Gasteiger charge is -2.36. The van der Waals surface area contributed by atoms with Crippen LogP contribution in [0.2, 0.25) is 0 Å². The largest absolute Gasteiger partial charge is 0.355 e. The Morgan fingerprint density at radius 2 is 2.00 bits per heavy atom. The molecule has 4 rings (SSSR count). The van der Waals surface area contributed by atoms with Crippen molar-refractivity contribution in [3.05, 3.63) is 65.5 Å². The summed E-state index contributed by atoms with van der Waals surface area (Å²) < 4.78 is 0. The fourth-order valence-corrected chi connectivity index (χ4v) is 3.73. The van der Waals surface area contributed by atoms with Crippen molar-refractivity contribution < 1.29 is 9.59 Å². The molecule has 2 aliphatic heterocycles. The summed E-state index contributed by atoms with van der Waals surface area (Å²) in [5.74, 6) is -0.0344. The fraction of sp³-hybridized carbons (Fsp3) is 0.316. The highest BCUT2D eigenvalue weighted by Crippen LogP contribution is 2.34. The number of benzene rings is 1. The molecule has 5 heteroatoms. The first-order valence-corrected chi connectivity index (χ1v) is 8.23. The molecule has 2 amide bonds. The van der Waals surface area contributed by atoms with E-state index >= 15 is 0 Å². The Labute approximate surface area is 140 Å². The summed E-state index contributed by atoms with van der Waals surface area (Å²) in [6.45, 7) is 1.57. The highest BCUT2D eigenvalue weighted by Gasteiger charge is 2.48. The smallest absolute Gasteiger partial charge is 0.235 e. The second kappa shape index (κ2) is 5.74. The van der Waals surface area contributed by atoms with Gasteiger partial charge in [-0.2, -0.15) is 0 Å². The molecule has 1 N–H and O–H groups in total. The van der Waals surface area contributed by atoms with Crippen LogP contribution in [0.3, 0.4) is 0 Å². The van der Waals surface area contributed by atoms with E-state index in [1.54, 1.807) is 6.20 Å². The average molecular weight is 321 g/mol. The molecule has 0 spiro atoms. The lowest BCUT2D eigenvalue weighted by atomic mass is 9.77. The maximum absolute atomic E-state index is 13.4. The third kappa shape index (κ3) is 2.37. The van der Waals surface area contributed by atoms with E-state index in [2.05, 4.69) is 10.3 Å². The number of rotatable bonds is 2. The zero-order valence-electron chi connectivity index (χ0n) is 13.4. The molecule has 0 bridgehead atoms. The Hall–Kier alpha value is -2.69. The van der Waals surface area contributed by atoms with Crippen molar-refractivity contribution in [2.75, 3.05) is 13.1 Å². The number of hydrogen-bond acceptors (Lipinski definition) is 3. The molecule has 1 aromatic heterocycles. The summed E-state index contributed by atoms with van der Waals surface area (Å²) in [5, 5.41) is 2.85. The van der Waals surface area contributed by atoms with Crippen molar-refractivity contribution in [3.63, 3.8) is 0 Å². The van der Waals surface area contributed by atoms with Crippen molar-refractivity contribution in [2.24, 2.45) is 0 Å². The number of hydrogen-bond donors (Lipinski definition) is 1. The van der Waals surface area contributed by atoms with Crippen molar-refractivity contribution in [3.8, 4) is 0 Å². The summed E-state index contributed by atoms with van der Waals surface area (Å²) in [6.07, 6.45) is 2.77. The van der Waals surface area contributed by atoms with Gasteiger partial charge in [-0.05, 0) is 17.2 Å². The van der Waals surface area contributed by atoms with Crippen LogP contribution in [0.4, 0.5) is 0 Å². The molecule has 1 unspecified atom stereocenters. The second-order valence-corrected chi connectivity index (χ2v) is 6.49. The Morgan fingerprint density at radius 3 is 2.75 bits per heavy atom. The predicted octanol–water partition coefficient (Wildman–Crippen LogP) is 1.42. The third-order valence-corrected chi connectivity index (χ3v) is 5.04. The van der Waals surface area contributed by atoms with Crippen LogP contribution < -0.4 is 5.32 Å². The zero-order valence-corrected chi connectivity index (χ0v) is 13.4. The molecule has 0 radical (unpaired) electrons. The van der Waals surface area contributed by atoms with Gasteiger partial charge in [0.1, 0.15) is 5.41 Å². The number of carbonyl (C=O) groups excluding carboxylic acids is 2. The van der Waals surface area contributed by atoms with E-state index in [9.17, 15) is 9.59 Å². The van der Waals surface area contributed by atoms with E-state index in [1.807, 2.05) is 47.4 Å². The molecular weight excluding hydrogens is 302 g/mol. The van der Waals surface area contributed by atoms with Crippen LogP contribution in [0, 0.1) is 0 Å². The molecule has 122 valence electrons. The van der Waals surface area contributed by atoms with Crippen molar-refractivity contribution in [2.45, 2.75) is 24.8 Å². The summed E-state index contributed by atoms with van der Waals surface area (Å²) in [7, 11) is 0. The van der Waals surface area contributed by atoms with Crippen molar-refractivity contribution in [1.29, 1.82) is 0 Å². The number of nitrogens with zero attached hydrogens (tertiary/aromatic N) is 2. The molecule has 1 fully saturated rings. The Balaban J connectivity index is 1.67. The Kier molecular flexibility index (Phi) is 3.56. The molecule has 2 aliphatic rings. The lowest BCUT2D eigenvalue weighted by molar-refractivity contribution is -0.138. The van der Waals surface area contributed by atoms with Gasteiger partial charge in [0, 0.05) is 44.4 Å². The van der Waals surface area contributed by atoms with Crippen LogP contribution in [0.15, 0.2) is 48.7 Å². The molecule has 0 saturated carbocycles. The number of nitrogens with one attached hydrogen (secondary N) is 1. The molecule has 1 atom stereocenters. The maximum Gasteiger partial charge on any atom is 0.235 e. The number of fused-ring (bicyclic) bond motifs is 1. The molecule has 2 aromatic rings. The molecular formula is C19H19N3O2. The number of aromatic nitrogens is 1. The standard InChI is InChI=1S/C19H19N3O2/c23-17-11-19(13-21-17,15-6-2-1-3-7-15)18(24)22-10-8-16-14(12-22)5-4-9-20-16/h1-7,9H,8,10-13H2,(H,21,23). The van der Waals surface area contributed by atoms with E-state index in [-0.39, 0.29) is 18.2 Å². The average Bonchev–Trinajstić information content (AvgIpc) is 3.04. The van der Waals surface area contributed by atoms with Gasteiger partial charge in [0.25, 0.3) is 0 Å². The number of pyridine rings is 1. The highest BCUT2D eigenvalue weighted by atomic mass is 16.2. The van der Waals surface area contributed by atoms with E-state index in [0.717, 1.165) is 23.2 Å². The molecule has 1 saturated heterocycles. The van der Waals surface area contributed by atoms with E-state index in [0.29, 0.717) is 19.6 Å². The molecule has 0 aliphatic carbocycles. The Morgan fingerprint density at radius 1 is 1.17 bits per heavy atom. The first-order valence-electron chi connectivity index (χ1n) is 8.23. The first-order chi connectivity index (χ1) is 11.7. The minimum atomic E-state index is -0.794. The van der Waals surface area contributed by atoms with Crippen molar-refractivity contribution in [1.82, 2.24) is 15.2 Å². The van der Waals surface area contributed by atoms with Gasteiger partial charge in [0.15, 0.2) is 0 Å². The van der Waals surface area contributed by atoms with Gasteiger partial charge in [-0.1, -0.05) is 36.4 Å². The monoisotopic (exact) mass is 321 g/mol. The molecule has 24 heavy (non-hydrogen) atoms. The summed E-state index contributed by atoms with van der Waals surface area (Å²) in [4.78, 5) is 31.6. The number of amides is 2. The van der Waals surface area contributed by atoms with Crippen LogP contribution in [0.25, 0.3) is 0 Å². The van der Waals surface area contributed by atoms with Gasteiger partial charge in [-0.15, -0.1) is 0 Å². The van der Waals surface area contributed by atoms with Crippen LogP contribution in [0.1, 0.15) is 23.2 Å². The minimum Gasteiger partial charge on any atom is -0.355 e. The molecule has 5 nitrogen and oxygen atoms in total. The van der Waals surface area contributed by atoms with Crippen LogP contribution in [-0.2, 0) is 28.0 Å². The molecule has 1 aromatic carbocycles. The minimum absolute atomic E-state index is 0.0292. The van der Waals surface area contributed by atoms with Gasteiger partial charge < -0.3 is 10.2 Å². The quantitative estimate of drug-likeness (QED) is 0.910. The lowest BCUT2D eigenvalue weighted by Crippen LogP contribution is -2.49. The topological polar surface area (TPSA) is 62.3 Å². The Bertz CT molecular complexity index is 790. The summed E-state index contributed by atoms with van der Waals surface area (Å²) in [5.41, 5.74) is 2.27.